The zero-order valence-electron chi connectivity index (χ0n) is 20.2. The molecule has 36 heavy (non-hydrogen) atoms. The Morgan fingerprint density at radius 3 is 2.58 bits per heavy atom. The highest BCUT2D eigenvalue weighted by Crippen LogP contribution is 2.46. The van der Waals surface area contributed by atoms with Crippen LogP contribution in [-0.2, 0) is 19.1 Å². The Kier molecular flexibility index (Phi) is 7.53. The van der Waals surface area contributed by atoms with Crippen LogP contribution in [0.15, 0.2) is 82.3 Å². The largest absolute Gasteiger partial charge is 0.463 e. The summed E-state index contributed by atoms with van der Waals surface area (Å²) in [4.78, 5) is 33.3. The Morgan fingerprint density at radius 1 is 1.14 bits per heavy atom. The van der Waals surface area contributed by atoms with Crippen molar-refractivity contribution in [2.45, 2.75) is 38.3 Å². The highest BCUT2D eigenvalue weighted by Gasteiger charge is 2.42. The highest BCUT2D eigenvalue weighted by atomic mass is 32.2. The lowest BCUT2D eigenvalue weighted by molar-refractivity contribution is -0.139. The zero-order valence-corrected chi connectivity index (χ0v) is 21.0. The minimum Gasteiger partial charge on any atom is -0.463 e. The number of fused-ring (bicyclic) bond motifs is 1. The van der Waals surface area contributed by atoms with E-state index < -0.39 is 12.0 Å². The molecule has 5 rings (SSSR count). The second-order valence-corrected chi connectivity index (χ2v) is 9.61. The van der Waals surface area contributed by atoms with E-state index in [9.17, 15) is 9.59 Å². The second kappa shape index (κ2) is 11.1. The van der Waals surface area contributed by atoms with Crippen LogP contribution in [-0.4, -0.2) is 47.8 Å². The summed E-state index contributed by atoms with van der Waals surface area (Å²) in [6.45, 7) is 3.31. The number of carbonyl (C=O) groups excluding carboxylic acids is 2. The van der Waals surface area contributed by atoms with Crippen molar-refractivity contribution in [3.63, 3.8) is 0 Å². The van der Waals surface area contributed by atoms with Gasteiger partial charge in [-0.2, -0.15) is 0 Å². The molecular formula is C28H29N3O4S. The first-order valence-corrected chi connectivity index (χ1v) is 13.2. The maximum atomic E-state index is 13.4. The monoisotopic (exact) mass is 503 g/mol. The number of aliphatic imine (C=N–C) groups is 1. The van der Waals surface area contributed by atoms with Crippen molar-refractivity contribution in [1.29, 1.82) is 0 Å². The zero-order chi connectivity index (χ0) is 24.9. The van der Waals surface area contributed by atoms with Crippen molar-refractivity contribution in [1.82, 2.24) is 10.2 Å². The third-order valence-electron chi connectivity index (χ3n) is 6.36. The SMILES string of the molecule is CCOC(=O)C1=C(c2ccccc2)N=C2SC=C(CC(=O)NC[C@H]3CCCO3)N2[C@@H]1c1ccccc1. The van der Waals surface area contributed by atoms with E-state index in [1.807, 2.05) is 71.0 Å². The molecule has 0 unspecified atom stereocenters. The van der Waals surface area contributed by atoms with Gasteiger partial charge in [0.2, 0.25) is 5.91 Å². The number of nitrogens with zero attached hydrogens (tertiary/aromatic N) is 2. The van der Waals surface area contributed by atoms with Crippen LogP contribution in [0, 0.1) is 0 Å². The molecule has 0 bridgehead atoms. The maximum Gasteiger partial charge on any atom is 0.338 e. The lowest BCUT2D eigenvalue weighted by Crippen LogP contribution is -2.38. The van der Waals surface area contributed by atoms with Crippen LogP contribution in [0.3, 0.4) is 0 Å². The molecule has 3 aliphatic rings. The Morgan fingerprint density at radius 2 is 1.89 bits per heavy atom. The summed E-state index contributed by atoms with van der Waals surface area (Å²) >= 11 is 1.47. The van der Waals surface area contributed by atoms with Crippen molar-refractivity contribution in [3.05, 3.63) is 88.5 Å². The molecule has 2 aromatic carbocycles. The number of amides is 1. The van der Waals surface area contributed by atoms with Crippen molar-refractivity contribution in [2.75, 3.05) is 19.8 Å². The van der Waals surface area contributed by atoms with Crippen LogP contribution in [0.25, 0.3) is 5.70 Å². The van der Waals surface area contributed by atoms with Crippen LogP contribution in [0.5, 0.6) is 0 Å². The first kappa shape index (κ1) is 24.3. The van der Waals surface area contributed by atoms with Gasteiger partial charge in [0.15, 0.2) is 5.17 Å². The molecule has 0 saturated carbocycles. The molecule has 1 saturated heterocycles. The molecule has 1 amide bonds. The van der Waals surface area contributed by atoms with E-state index in [0.29, 0.717) is 17.8 Å². The Hall–Kier alpha value is -3.36. The van der Waals surface area contributed by atoms with Crippen LogP contribution in [0.1, 0.15) is 43.4 Å². The van der Waals surface area contributed by atoms with Gasteiger partial charge in [0.1, 0.15) is 0 Å². The van der Waals surface area contributed by atoms with E-state index in [0.717, 1.165) is 41.4 Å². The van der Waals surface area contributed by atoms with Crippen LogP contribution in [0.2, 0.25) is 0 Å². The molecule has 0 aromatic heterocycles. The number of nitrogens with one attached hydrogen (secondary N) is 1. The van der Waals surface area contributed by atoms with E-state index in [2.05, 4.69) is 5.32 Å². The minimum absolute atomic E-state index is 0.0804. The van der Waals surface area contributed by atoms with E-state index in [-0.39, 0.29) is 25.0 Å². The molecule has 0 radical (unpaired) electrons. The standard InChI is InChI=1S/C28H29N3O4S/c1-2-34-27(33)24-25(19-10-5-3-6-11-19)30-28-31(26(24)20-12-7-4-8-13-20)21(18-36-28)16-23(32)29-17-22-14-9-15-35-22/h3-8,10-13,18,22,26H,2,9,14-17H2,1H3,(H,29,32)/t22-,26-/m1/s1. The van der Waals surface area contributed by atoms with Crippen molar-refractivity contribution in [2.24, 2.45) is 4.99 Å². The molecule has 7 nitrogen and oxygen atoms in total. The van der Waals surface area contributed by atoms with E-state index in [4.69, 9.17) is 14.5 Å². The van der Waals surface area contributed by atoms with Gasteiger partial charge in [0, 0.05) is 24.4 Å². The predicted molar refractivity (Wildman–Crippen MR) is 141 cm³/mol. The van der Waals surface area contributed by atoms with Crippen LogP contribution in [0.4, 0.5) is 0 Å². The number of rotatable bonds is 8. The molecule has 8 heteroatoms. The Labute approximate surface area is 215 Å². The number of hydrogen-bond donors (Lipinski definition) is 1. The molecule has 186 valence electrons. The minimum atomic E-state index is -0.472. The van der Waals surface area contributed by atoms with Crippen LogP contribution < -0.4 is 5.32 Å². The summed E-state index contributed by atoms with van der Waals surface area (Å²) in [5, 5.41) is 5.70. The van der Waals surface area contributed by atoms with Gasteiger partial charge in [-0.15, -0.1) is 0 Å². The number of amidine groups is 1. The van der Waals surface area contributed by atoms with Gasteiger partial charge in [-0.25, -0.2) is 9.79 Å². The fourth-order valence-electron chi connectivity index (χ4n) is 4.70. The predicted octanol–water partition coefficient (Wildman–Crippen LogP) is 4.65. The summed E-state index contributed by atoms with van der Waals surface area (Å²) in [7, 11) is 0. The van der Waals surface area contributed by atoms with Crippen molar-refractivity contribution < 1.29 is 19.1 Å². The lowest BCUT2D eigenvalue weighted by atomic mass is 9.91. The molecule has 3 aliphatic heterocycles. The van der Waals surface area contributed by atoms with Gasteiger partial charge in [0.25, 0.3) is 0 Å². The number of hydrogen-bond acceptors (Lipinski definition) is 7. The van der Waals surface area contributed by atoms with Crippen molar-refractivity contribution in [3.8, 4) is 0 Å². The van der Waals surface area contributed by atoms with Gasteiger partial charge >= 0.3 is 5.97 Å². The van der Waals surface area contributed by atoms with Gasteiger partial charge in [-0.3, -0.25) is 4.79 Å². The average Bonchev–Trinajstić information content (AvgIpc) is 3.58. The Bertz CT molecular complexity index is 1200. The van der Waals surface area contributed by atoms with Gasteiger partial charge in [-0.05, 0) is 30.7 Å². The Balaban J connectivity index is 1.51. The molecular weight excluding hydrogens is 474 g/mol. The number of esters is 1. The topological polar surface area (TPSA) is 80.2 Å². The fourth-order valence-corrected chi connectivity index (χ4v) is 5.62. The molecule has 3 heterocycles. The third-order valence-corrected chi connectivity index (χ3v) is 7.25. The molecule has 1 fully saturated rings. The molecule has 0 spiro atoms. The fraction of sp³-hybridized carbons (Fsp3) is 0.321. The molecule has 1 N–H and O–H groups in total. The summed E-state index contributed by atoms with van der Waals surface area (Å²) in [6.07, 6.45) is 2.26. The van der Waals surface area contributed by atoms with Gasteiger partial charge in [0.05, 0.1) is 36.4 Å². The van der Waals surface area contributed by atoms with E-state index in [1.54, 1.807) is 6.92 Å². The van der Waals surface area contributed by atoms with Gasteiger partial charge < -0.3 is 19.7 Å². The number of ether oxygens (including phenoxy) is 2. The summed E-state index contributed by atoms with van der Waals surface area (Å²) < 4.78 is 11.2. The van der Waals surface area contributed by atoms with Crippen LogP contribution >= 0.6 is 11.8 Å². The normalized spacial score (nSPS) is 21.1. The third kappa shape index (κ3) is 5.10. The summed E-state index contributed by atoms with van der Waals surface area (Å²) in [5.74, 6) is -0.493. The first-order valence-electron chi connectivity index (χ1n) is 12.3. The molecule has 0 aliphatic carbocycles. The number of carbonyl (C=O) groups is 2. The molecule has 2 atom stereocenters. The smallest absolute Gasteiger partial charge is 0.338 e. The average molecular weight is 504 g/mol. The van der Waals surface area contributed by atoms with Crippen molar-refractivity contribution >= 4 is 34.5 Å². The highest BCUT2D eigenvalue weighted by molar-refractivity contribution is 8.16. The first-order chi connectivity index (χ1) is 17.7. The molecule has 2 aromatic rings. The van der Waals surface area contributed by atoms with Gasteiger partial charge in [-0.1, -0.05) is 72.4 Å². The summed E-state index contributed by atoms with van der Waals surface area (Å²) in [5.41, 5.74) is 3.63. The van der Waals surface area contributed by atoms with E-state index in [1.165, 1.54) is 11.8 Å². The number of benzene rings is 2. The quantitative estimate of drug-likeness (QED) is 0.529. The summed E-state index contributed by atoms with van der Waals surface area (Å²) in [6, 6.07) is 19.1. The lowest BCUT2D eigenvalue weighted by Gasteiger charge is -2.36. The van der Waals surface area contributed by atoms with E-state index >= 15 is 0 Å². The maximum absolute atomic E-state index is 13.4. The second-order valence-electron chi connectivity index (χ2n) is 8.77. The number of thioether (sulfide) groups is 1.